The van der Waals surface area contributed by atoms with Crippen molar-refractivity contribution in [2.24, 2.45) is 0 Å². The summed E-state index contributed by atoms with van der Waals surface area (Å²) in [5.41, 5.74) is 7.50. The van der Waals surface area contributed by atoms with Crippen LogP contribution in [0.15, 0.2) is 85.8 Å². The molecule has 168 valence electrons. The molecule has 0 spiro atoms. The van der Waals surface area contributed by atoms with Crippen molar-refractivity contribution in [1.82, 2.24) is 14.5 Å². The average Bonchev–Trinajstić information content (AvgIpc) is 3.24. The Morgan fingerprint density at radius 3 is 2.39 bits per heavy atom. The minimum absolute atomic E-state index is 0.601. The summed E-state index contributed by atoms with van der Waals surface area (Å²) in [4.78, 5) is 7.46. The van der Waals surface area contributed by atoms with Gasteiger partial charge in [0.25, 0.3) is 0 Å². The summed E-state index contributed by atoms with van der Waals surface area (Å²) in [6.45, 7) is 10.0. The Morgan fingerprint density at radius 1 is 0.970 bits per heavy atom. The van der Waals surface area contributed by atoms with E-state index in [1.165, 1.54) is 40.5 Å². The van der Waals surface area contributed by atoms with Crippen LogP contribution in [-0.4, -0.2) is 27.5 Å². The van der Waals surface area contributed by atoms with Gasteiger partial charge < -0.3 is 9.88 Å². The number of likely N-dealkylation sites (tertiary alicyclic amines) is 1. The van der Waals surface area contributed by atoms with Crippen molar-refractivity contribution in [2.75, 3.05) is 18.4 Å². The number of hydrogen-bond donors (Lipinski definition) is 1. The van der Waals surface area contributed by atoms with Gasteiger partial charge in [0.2, 0.25) is 0 Å². The van der Waals surface area contributed by atoms with Crippen LogP contribution in [0.1, 0.15) is 41.0 Å². The van der Waals surface area contributed by atoms with E-state index in [0.717, 1.165) is 37.5 Å². The summed E-state index contributed by atoms with van der Waals surface area (Å²) in [5.74, 6) is 0.601. The van der Waals surface area contributed by atoms with Crippen LogP contribution in [-0.2, 0) is 13.1 Å². The molecular formula is C29H32N4. The molecule has 1 saturated heterocycles. The third-order valence-electron chi connectivity index (χ3n) is 6.78. The lowest BCUT2D eigenvalue weighted by atomic mass is 9.90. The highest BCUT2D eigenvalue weighted by atomic mass is 15.1. The lowest BCUT2D eigenvalue weighted by molar-refractivity contribution is 0.204. The zero-order chi connectivity index (χ0) is 22.6. The SMILES string of the molecule is C=CNc1ccc(Cn2ccc3cc(C4CCN(Cc5ccc(C)cc5)CC4)cnc32)cc1. The minimum Gasteiger partial charge on any atom is -0.362 e. The molecule has 1 aliphatic heterocycles. The highest BCUT2D eigenvalue weighted by Gasteiger charge is 2.21. The molecule has 4 nitrogen and oxygen atoms in total. The van der Waals surface area contributed by atoms with Gasteiger partial charge in [0.1, 0.15) is 5.65 Å². The fraction of sp³-hybridized carbons (Fsp3) is 0.276. The van der Waals surface area contributed by atoms with Crippen LogP contribution in [0.4, 0.5) is 5.69 Å². The van der Waals surface area contributed by atoms with Crippen LogP contribution < -0.4 is 5.32 Å². The Bertz CT molecular complexity index is 1210. The van der Waals surface area contributed by atoms with Crippen molar-refractivity contribution in [3.05, 3.63) is 108 Å². The van der Waals surface area contributed by atoms with Crippen LogP contribution in [0, 0.1) is 6.92 Å². The van der Waals surface area contributed by atoms with E-state index in [1.807, 2.05) is 0 Å². The van der Waals surface area contributed by atoms with Crippen LogP contribution in [0.3, 0.4) is 0 Å². The fourth-order valence-corrected chi connectivity index (χ4v) is 4.84. The van der Waals surface area contributed by atoms with Gasteiger partial charge in [-0.3, -0.25) is 4.90 Å². The summed E-state index contributed by atoms with van der Waals surface area (Å²) in [7, 11) is 0. The van der Waals surface area contributed by atoms with Gasteiger partial charge in [0.05, 0.1) is 0 Å². The molecule has 2 aromatic carbocycles. The standard InChI is InChI=1S/C29H32N4/c1-3-30-28-10-8-24(9-11-28)21-33-17-14-26-18-27(19-31-29(26)33)25-12-15-32(16-13-25)20-23-6-4-22(2)5-7-23/h3-11,14,17-19,25,30H,1,12-13,15-16,20-21H2,2H3. The summed E-state index contributed by atoms with van der Waals surface area (Å²) in [5, 5.41) is 4.35. The number of benzene rings is 2. The first kappa shape index (κ1) is 21.5. The Labute approximate surface area is 196 Å². The van der Waals surface area contributed by atoms with Crippen LogP contribution >= 0.6 is 0 Å². The third kappa shape index (κ3) is 5.01. The van der Waals surface area contributed by atoms with Crippen molar-refractivity contribution < 1.29 is 0 Å². The topological polar surface area (TPSA) is 33.1 Å². The Morgan fingerprint density at radius 2 is 1.67 bits per heavy atom. The first-order valence-corrected chi connectivity index (χ1v) is 11.9. The van der Waals surface area contributed by atoms with Crippen molar-refractivity contribution in [3.8, 4) is 0 Å². The molecule has 0 amide bonds. The van der Waals surface area contributed by atoms with Gasteiger partial charge >= 0.3 is 0 Å². The van der Waals surface area contributed by atoms with E-state index >= 15 is 0 Å². The fourth-order valence-electron chi connectivity index (χ4n) is 4.84. The lowest BCUT2D eigenvalue weighted by Gasteiger charge is -2.32. The molecule has 4 heteroatoms. The second-order valence-corrected chi connectivity index (χ2v) is 9.21. The number of nitrogens with zero attached hydrogens (tertiary/aromatic N) is 3. The number of aryl methyl sites for hydroxylation is 1. The summed E-state index contributed by atoms with van der Waals surface area (Å²) in [6, 6.07) is 22.0. The number of pyridine rings is 1. The van der Waals surface area contributed by atoms with Crippen LogP contribution in [0.2, 0.25) is 0 Å². The first-order chi connectivity index (χ1) is 16.2. The predicted molar refractivity (Wildman–Crippen MR) is 138 cm³/mol. The van der Waals surface area contributed by atoms with E-state index in [4.69, 9.17) is 4.98 Å². The van der Waals surface area contributed by atoms with Gasteiger partial charge in [-0.2, -0.15) is 0 Å². The van der Waals surface area contributed by atoms with Crippen molar-refractivity contribution in [1.29, 1.82) is 0 Å². The molecule has 0 unspecified atom stereocenters. The zero-order valence-electron chi connectivity index (χ0n) is 19.4. The van der Waals surface area contributed by atoms with Crippen LogP contribution in [0.25, 0.3) is 11.0 Å². The molecule has 0 atom stereocenters. The van der Waals surface area contributed by atoms with Crippen molar-refractivity contribution in [3.63, 3.8) is 0 Å². The Kier molecular flexibility index (Phi) is 6.27. The maximum absolute atomic E-state index is 4.88. The molecule has 1 fully saturated rings. The molecule has 33 heavy (non-hydrogen) atoms. The van der Waals surface area contributed by atoms with Gasteiger partial charge in [0.15, 0.2) is 0 Å². The highest BCUT2D eigenvalue weighted by molar-refractivity contribution is 5.77. The monoisotopic (exact) mass is 436 g/mol. The molecule has 5 rings (SSSR count). The molecule has 0 bridgehead atoms. The summed E-state index contributed by atoms with van der Waals surface area (Å²) in [6.07, 6.45) is 8.36. The molecule has 1 aliphatic rings. The minimum atomic E-state index is 0.601. The number of piperidine rings is 1. The van der Waals surface area contributed by atoms with Gasteiger partial charge in [0, 0.05) is 36.6 Å². The molecule has 3 heterocycles. The third-order valence-corrected chi connectivity index (χ3v) is 6.78. The molecule has 4 aromatic rings. The maximum Gasteiger partial charge on any atom is 0.140 e. The van der Waals surface area contributed by atoms with E-state index in [2.05, 4.69) is 101 Å². The van der Waals surface area contributed by atoms with E-state index in [9.17, 15) is 0 Å². The summed E-state index contributed by atoms with van der Waals surface area (Å²) < 4.78 is 2.24. The first-order valence-electron chi connectivity index (χ1n) is 11.9. The maximum atomic E-state index is 4.88. The smallest absolute Gasteiger partial charge is 0.140 e. The Hall–Kier alpha value is -3.37. The zero-order valence-corrected chi connectivity index (χ0v) is 19.4. The molecule has 0 saturated carbocycles. The number of fused-ring (bicyclic) bond motifs is 1. The van der Waals surface area contributed by atoms with Crippen molar-refractivity contribution >= 4 is 16.7 Å². The molecule has 1 N–H and O–H groups in total. The second-order valence-electron chi connectivity index (χ2n) is 9.21. The summed E-state index contributed by atoms with van der Waals surface area (Å²) >= 11 is 0. The number of rotatable bonds is 7. The number of anilines is 1. The quantitative estimate of drug-likeness (QED) is 0.368. The highest BCUT2D eigenvalue weighted by Crippen LogP contribution is 2.30. The number of nitrogens with one attached hydrogen (secondary N) is 1. The van der Waals surface area contributed by atoms with Crippen molar-refractivity contribution in [2.45, 2.75) is 38.8 Å². The molecule has 0 radical (unpaired) electrons. The average molecular weight is 437 g/mol. The van der Waals surface area contributed by atoms with E-state index in [-0.39, 0.29) is 0 Å². The van der Waals surface area contributed by atoms with Gasteiger partial charge in [-0.25, -0.2) is 4.98 Å². The van der Waals surface area contributed by atoms with E-state index < -0.39 is 0 Å². The normalized spacial score (nSPS) is 15.1. The van der Waals surface area contributed by atoms with Gasteiger partial charge in [-0.15, -0.1) is 0 Å². The molecule has 0 aliphatic carbocycles. The molecular weight excluding hydrogens is 404 g/mol. The predicted octanol–water partition coefficient (Wildman–Crippen LogP) is 6.33. The largest absolute Gasteiger partial charge is 0.362 e. The molecule has 2 aromatic heterocycles. The van der Waals surface area contributed by atoms with Gasteiger partial charge in [-0.1, -0.05) is 48.5 Å². The second kappa shape index (κ2) is 9.63. The van der Waals surface area contributed by atoms with E-state index in [0.29, 0.717) is 5.92 Å². The van der Waals surface area contributed by atoms with E-state index in [1.54, 1.807) is 6.20 Å². The van der Waals surface area contributed by atoms with Gasteiger partial charge in [-0.05, 0) is 85.9 Å². The van der Waals surface area contributed by atoms with Crippen LogP contribution in [0.5, 0.6) is 0 Å². The Balaban J connectivity index is 1.22. The number of hydrogen-bond acceptors (Lipinski definition) is 3. The number of aromatic nitrogens is 2. The lowest BCUT2D eigenvalue weighted by Crippen LogP contribution is -2.32.